The first-order valence-electron chi connectivity index (χ1n) is 10.2. The van der Waals surface area contributed by atoms with E-state index in [1.165, 1.54) is 7.11 Å². The van der Waals surface area contributed by atoms with E-state index in [-0.39, 0.29) is 5.56 Å². The number of methoxy groups -OCH3 is 1. The average Bonchev–Trinajstić information content (AvgIpc) is 3.11. The number of carbonyl (C=O) groups excluding carboxylic acids is 2. The van der Waals surface area contributed by atoms with Crippen molar-refractivity contribution >= 4 is 51.2 Å². The Morgan fingerprint density at radius 2 is 1.89 bits per heavy atom. The number of nitrogens with two attached hydrogens (primary N) is 1. The van der Waals surface area contributed by atoms with Crippen molar-refractivity contribution in [3.05, 3.63) is 64.9 Å². The topological polar surface area (TPSA) is 121 Å². The lowest BCUT2D eigenvalue weighted by Gasteiger charge is -2.12. The smallest absolute Gasteiger partial charge is 0.493 e. The Hall–Kier alpha value is -4.32. The van der Waals surface area contributed by atoms with E-state index < -0.39 is 24.0 Å². The molecule has 186 valence electrons. The average molecular weight is 520 g/mol. The highest BCUT2D eigenvalue weighted by atomic mass is 35.5. The lowest BCUT2D eigenvalue weighted by Crippen LogP contribution is -2.38. The number of guanidine groups is 1. The number of alkyl halides is 3. The van der Waals surface area contributed by atoms with Gasteiger partial charge in [0.2, 0.25) is 5.96 Å². The molecule has 0 bridgehead atoms. The molecule has 4 aromatic rings. The molecule has 0 aliphatic rings. The van der Waals surface area contributed by atoms with Gasteiger partial charge in [0.1, 0.15) is 5.75 Å². The minimum atomic E-state index is -5.27. The Balaban J connectivity index is 1.83. The predicted octanol–water partition coefficient (Wildman–Crippen LogP) is 4.21. The molecule has 0 saturated heterocycles. The van der Waals surface area contributed by atoms with Crippen molar-refractivity contribution < 1.29 is 32.3 Å². The van der Waals surface area contributed by atoms with Crippen LogP contribution in [0.15, 0.2) is 53.8 Å². The van der Waals surface area contributed by atoms with Crippen molar-refractivity contribution in [2.24, 2.45) is 10.9 Å². The largest absolute Gasteiger partial charge is 0.497 e. The van der Waals surface area contributed by atoms with E-state index in [4.69, 9.17) is 22.1 Å². The fraction of sp³-hybridized carbons (Fsp3) is 0.130. The zero-order valence-corrected chi connectivity index (χ0v) is 19.4. The first kappa shape index (κ1) is 24.8. The molecule has 0 atom stereocenters. The van der Waals surface area contributed by atoms with Crippen molar-refractivity contribution in [1.82, 2.24) is 14.9 Å². The maximum atomic E-state index is 13.2. The van der Waals surface area contributed by atoms with Gasteiger partial charge in [-0.3, -0.25) is 15.1 Å². The number of ether oxygens (including phenoxy) is 1. The molecule has 0 aliphatic carbocycles. The minimum Gasteiger partial charge on any atom is -0.497 e. The molecule has 1 amide bonds. The number of aromatic nitrogens is 2. The van der Waals surface area contributed by atoms with Crippen LogP contribution in [0.25, 0.3) is 27.5 Å². The van der Waals surface area contributed by atoms with Gasteiger partial charge in [-0.2, -0.15) is 13.2 Å². The van der Waals surface area contributed by atoms with Crippen molar-refractivity contribution in [1.29, 1.82) is 0 Å². The molecule has 0 unspecified atom stereocenters. The highest BCUT2D eigenvalue weighted by Gasteiger charge is 2.41. The number of carbonyl (C=O) groups is 2. The number of amides is 1. The lowest BCUT2D eigenvalue weighted by molar-refractivity contribution is -0.199. The zero-order chi connectivity index (χ0) is 26.2. The molecule has 36 heavy (non-hydrogen) atoms. The first-order valence-corrected chi connectivity index (χ1v) is 10.6. The van der Waals surface area contributed by atoms with Crippen LogP contribution < -0.4 is 15.8 Å². The summed E-state index contributed by atoms with van der Waals surface area (Å²) >= 11 is 6.11. The van der Waals surface area contributed by atoms with Gasteiger partial charge in [-0.1, -0.05) is 11.6 Å². The molecular formula is C23H17ClF3N5O4. The van der Waals surface area contributed by atoms with Gasteiger partial charge in [-0.25, -0.2) is 4.79 Å². The van der Waals surface area contributed by atoms with Gasteiger partial charge in [0.05, 0.1) is 29.4 Å². The molecule has 0 spiro atoms. The molecule has 2 aromatic carbocycles. The van der Waals surface area contributed by atoms with Gasteiger partial charge in [0.15, 0.2) is 0 Å². The molecule has 0 fully saturated rings. The number of pyridine rings is 1. The highest BCUT2D eigenvalue weighted by Crippen LogP contribution is 2.34. The Kier molecular flexibility index (Phi) is 6.46. The van der Waals surface area contributed by atoms with Crippen LogP contribution in [0, 0.1) is 6.92 Å². The summed E-state index contributed by atoms with van der Waals surface area (Å²) < 4.78 is 44.1. The van der Waals surface area contributed by atoms with E-state index in [0.29, 0.717) is 38.6 Å². The second-order valence-corrected chi connectivity index (χ2v) is 7.91. The third kappa shape index (κ3) is 4.62. The van der Waals surface area contributed by atoms with Crippen LogP contribution in [0.5, 0.6) is 5.75 Å². The molecule has 4 rings (SSSR count). The number of hydrogen-bond acceptors (Lipinski definition) is 6. The number of halogens is 4. The zero-order valence-electron chi connectivity index (χ0n) is 18.7. The summed E-state index contributed by atoms with van der Waals surface area (Å²) in [6, 6.07) is 12.1. The molecule has 0 aliphatic heterocycles. The van der Waals surface area contributed by atoms with Crippen LogP contribution in [0.4, 0.5) is 13.2 Å². The van der Waals surface area contributed by atoms with Gasteiger partial charge < -0.3 is 19.9 Å². The van der Waals surface area contributed by atoms with E-state index in [0.717, 1.165) is 5.39 Å². The number of fused-ring (bicyclic) bond motifs is 2. The van der Waals surface area contributed by atoms with E-state index in [2.05, 4.69) is 20.3 Å². The van der Waals surface area contributed by atoms with Crippen molar-refractivity contribution in [3.8, 4) is 11.4 Å². The summed E-state index contributed by atoms with van der Waals surface area (Å²) in [6.45, 7) is 1.68. The van der Waals surface area contributed by atoms with Crippen molar-refractivity contribution in [2.45, 2.75) is 13.1 Å². The molecule has 13 heteroatoms. The van der Waals surface area contributed by atoms with E-state index >= 15 is 0 Å². The summed E-state index contributed by atoms with van der Waals surface area (Å²) in [5.74, 6) is -3.76. The Morgan fingerprint density at radius 3 is 2.58 bits per heavy atom. The van der Waals surface area contributed by atoms with Gasteiger partial charge in [0.25, 0.3) is 5.91 Å². The van der Waals surface area contributed by atoms with Crippen molar-refractivity contribution in [3.63, 3.8) is 0 Å². The SMILES string of the molecule is COc1ccc2c(c1)c(C(=O)NC(N)=NOC(=O)C(F)(F)F)c(C)n2-c1ccnc2cc(Cl)ccc12. The third-order valence-corrected chi connectivity index (χ3v) is 5.50. The van der Waals surface area contributed by atoms with Gasteiger partial charge in [-0.05, 0) is 54.5 Å². The monoisotopic (exact) mass is 519 g/mol. The second kappa shape index (κ2) is 9.38. The normalized spacial score (nSPS) is 12.1. The van der Waals surface area contributed by atoms with Crippen LogP contribution in [-0.2, 0) is 9.63 Å². The fourth-order valence-corrected chi connectivity index (χ4v) is 3.93. The molecular weight excluding hydrogens is 503 g/mol. The van der Waals surface area contributed by atoms with E-state index in [9.17, 15) is 22.8 Å². The second-order valence-electron chi connectivity index (χ2n) is 7.48. The Bertz CT molecular complexity index is 1550. The molecule has 3 N–H and O–H groups in total. The standard InChI is InChI=1S/C23H17ClF3N5O4/c1-11-19(20(33)30-22(28)31-36-21(34)23(25,26)27)15-10-13(35-2)4-6-17(15)32(11)18-7-8-29-16-9-12(24)3-5-14(16)18/h3-10H,1-2H3,(H3,28,30,31,33). The predicted molar refractivity (Wildman–Crippen MR) is 126 cm³/mol. The van der Waals surface area contributed by atoms with Crippen LogP contribution >= 0.6 is 11.6 Å². The van der Waals surface area contributed by atoms with Gasteiger partial charge in [0, 0.05) is 27.7 Å². The number of nitrogens with zero attached hydrogens (tertiary/aromatic N) is 3. The Labute approximate surface area is 206 Å². The number of nitrogens with one attached hydrogen (secondary N) is 1. The molecule has 2 aromatic heterocycles. The molecule has 0 radical (unpaired) electrons. The summed E-state index contributed by atoms with van der Waals surface area (Å²) in [6.07, 6.45) is -3.67. The number of hydrogen-bond donors (Lipinski definition) is 2. The summed E-state index contributed by atoms with van der Waals surface area (Å²) in [5, 5.41) is 6.72. The van der Waals surface area contributed by atoms with Gasteiger partial charge >= 0.3 is 12.1 Å². The van der Waals surface area contributed by atoms with Gasteiger partial charge in [-0.15, -0.1) is 0 Å². The first-order chi connectivity index (χ1) is 17.0. The highest BCUT2D eigenvalue weighted by molar-refractivity contribution is 6.31. The summed E-state index contributed by atoms with van der Waals surface area (Å²) in [5.41, 5.74) is 8.05. The van der Waals surface area contributed by atoms with E-state index in [1.807, 2.05) is 4.57 Å². The number of rotatable bonds is 4. The fourth-order valence-electron chi connectivity index (χ4n) is 3.77. The summed E-state index contributed by atoms with van der Waals surface area (Å²) in [7, 11) is 1.46. The number of benzene rings is 2. The maximum absolute atomic E-state index is 13.2. The molecule has 2 heterocycles. The number of oxime groups is 1. The Morgan fingerprint density at radius 1 is 1.14 bits per heavy atom. The van der Waals surface area contributed by atoms with Crippen LogP contribution in [-0.4, -0.2) is 40.7 Å². The minimum absolute atomic E-state index is 0.142. The van der Waals surface area contributed by atoms with Crippen LogP contribution in [0.2, 0.25) is 5.02 Å². The quantitative estimate of drug-likeness (QED) is 0.180. The van der Waals surface area contributed by atoms with Crippen LogP contribution in [0.3, 0.4) is 0 Å². The lowest BCUT2D eigenvalue weighted by atomic mass is 10.1. The van der Waals surface area contributed by atoms with Crippen LogP contribution in [0.1, 0.15) is 16.1 Å². The third-order valence-electron chi connectivity index (χ3n) is 5.26. The summed E-state index contributed by atoms with van der Waals surface area (Å²) in [4.78, 5) is 32.1. The van der Waals surface area contributed by atoms with Crippen molar-refractivity contribution in [2.75, 3.05) is 7.11 Å². The molecule has 9 nitrogen and oxygen atoms in total. The maximum Gasteiger partial charge on any atom is 0.493 e. The van der Waals surface area contributed by atoms with E-state index in [1.54, 1.807) is 55.6 Å². The molecule has 0 saturated carbocycles.